The van der Waals surface area contributed by atoms with E-state index in [1.54, 1.807) is 0 Å². The molecule has 0 aliphatic heterocycles. The third kappa shape index (κ3) is 3.70. The predicted molar refractivity (Wildman–Crippen MR) is 68.8 cm³/mol. The molecule has 0 saturated carbocycles. The molecular weight excluding hydrogens is 198 g/mol. The molecule has 0 bridgehead atoms. The van der Waals surface area contributed by atoms with Gasteiger partial charge in [0.2, 0.25) is 0 Å². The summed E-state index contributed by atoms with van der Waals surface area (Å²) in [4.78, 5) is 0. The predicted octanol–water partition coefficient (Wildman–Crippen LogP) is 3.31. The van der Waals surface area contributed by atoms with Gasteiger partial charge >= 0.3 is 0 Å². The number of ether oxygens (including phenoxy) is 1. The largest absolute Gasteiger partial charge is 0.494 e. The molecule has 2 heteroatoms. The van der Waals surface area contributed by atoms with Gasteiger partial charge < -0.3 is 10.1 Å². The fourth-order valence-electron chi connectivity index (χ4n) is 1.60. The van der Waals surface area contributed by atoms with E-state index >= 15 is 0 Å². The molecule has 0 fully saturated rings. The quantitative estimate of drug-likeness (QED) is 0.741. The molecule has 0 aliphatic carbocycles. The van der Waals surface area contributed by atoms with Gasteiger partial charge in [0.1, 0.15) is 5.75 Å². The topological polar surface area (TPSA) is 21.3 Å². The first-order valence-electron chi connectivity index (χ1n) is 5.78. The van der Waals surface area contributed by atoms with Crippen LogP contribution in [0.15, 0.2) is 36.9 Å². The first-order valence-corrected chi connectivity index (χ1v) is 5.78. The summed E-state index contributed by atoms with van der Waals surface area (Å²) in [6, 6.07) is 8.81. The summed E-state index contributed by atoms with van der Waals surface area (Å²) >= 11 is 0. The molecule has 1 N–H and O–H groups in total. The van der Waals surface area contributed by atoms with Gasteiger partial charge in [0.25, 0.3) is 0 Å². The lowest BCUT2D eigenvalue weighted by Crippen LogP contribution is -2.26. The van der Waals surface area contributed by atoms with Gasteiger partial charge in [-0.25, -0.2) is 0 Å². The van der Waals surface area contributed by atoms with Crippen molar-refractivity contribution in [3.05, 3.63) is 42.5 Å². The minimum Gasteiger partial charge on any atom is -0.494 e. The Morgan fingerprint density at radius 3 is 2.81 bits per heavy atom. The van der Waals surface area contributed by atoms with E-state index in [1.165, 1.54) is 5.56 Å². The van der Waals surface area contributed by atoms with Crippen LogP contribution in [0.4, 0.5) is 0 Å². The lowest BCUT2D eigenvalue weighted by atomic mass is 10.1. The highest BCUT2D eigenvalue weighted by Crippen LogP contribution is 2.19. The summed E-state index contributed by atoms with van der Waals surface area (Å²) in [6.45, 7) is 10.7. The average Bonchev–Trinajstić information content (AvgIpc) is 2.29. The van der Waals surface area contributed by atoms with E-state index in [0.29, 0.717) is 18.7 Å². The standard InChI is InChI=1S/C14H21NO/c1-5-11(3)15-12(4)13-8-7-9-14(10-13)16-6-2/h5,7-12,15H,1,6H2,2-4H3. The van der Waals surface area contributed by atoms with Crippen molar-refractivity contribution in [2.24, 2.45) is 0 Å². The van der Waals surface area contributed by atoms with Crippen LogP contribution < -0.4 is 10.1 Å². The molecule has 16 heavy (non-hydrogen) atoms. The molecule has 88 valence electrons. The van der Waals surface area contributed by atoms with Gasteiger partial charge in [-0.1, -0.05) is 18.2 Å². The van der Waals surface area contributed by atoms with Crippen molar-refractivity contribution >= 4 is 0 Å². The first-order chi connectivity index (χ1) is 7.67. The number of rotatable bonds is 6. The zero-order chi connectivity index (χ0) is 12.0. The normalized spacial score (nSPS) is 14.2. The third-order valence-corrected chi connectivity index (χ3v) is 2.54. The van der Waals surface area contributed by atoms with Gasteiger partial charge in [-0.2, -0.15) is 0 Å². The smallest absolute Gasteiger partial charge is 0.119 e. The Kier molecular flexibility index (Phi) is 5.06. The highest BCUT2D eigenvalue weighted by Gasteiger charge is 2.07. The Hall–Kier alpha value is -1.28. The van der Waals surface area contributed by atoms with Crippen LogP contribution in [0.25, 0.3) is 0 Å². The fourth-order valence-corrected chi connectivity index (χ4v) is 1.60. The highest BCUT2D eigenvalue weighted by atomic mass is 16.5. The summed E-state index contributed by atoms with van der Waals surface area (Å²) in [6.07, 6.45) is 1.91. The molecule has 1 rings (SSSR count). The molecular formula is C14H21NO. The molecule has 0 aliphatic rings. The summed E-state index contributed by atoms with van der Waals surface area (Å²) in [5, 5.41) is 3.44. The van der Waals surface area contributed by atoms with Crippen molar-refractivity contribution in [1.29, 1.82) is 0 Å². The van der Waals surface area contributed by atoms with Gasteiger partial charge in [-0.15, -0.1) is 6.58 Å². The Morgan fingerprint density at radius 2 is 2.19 bits per heavy atom. The van der Waals surface area contributed by atoms with E-state index < -0.39 is 0 Å². The Morgan fingerprint density at radius 1 is 1.44 bits per heavy atom. The lowest BCUT2D eigenvalue weighted by Gasteiger charge is -2.18. The number of nitrogens with one attached hydrogen (secondary N) is 1. The van der Waals surface area contributed by atoms with E-state index in [0.717, 1.165) is 5.75 Å². The maximum Gasteiger partial charge on any atom is 0.119 e. The van der Waals surface area contributed by atoms with Crippen molar-refractivity contribution in [3.63, 3.8) is 0 Å². The van der Waals surface area contributed by atoms with Gasteiger partial charge in [-0.05, 0) is 38.5 Å². The van der Waals surface area contributed by atoms with Crippen LogP contribution in [0.1, 0.15) is 32.4 Å². The van der Waals surface area contributed by atoms with Crippen LogP contribution in [-0.4, -0.2) is 12.6 Å². The minimum absolute atomic E-state index is 0.299. The molecule has 0 radical (unpaired) electrons. The van der Waals surface area contributed by atoms with Crippen molar-refractivity contribution in [1.82, 2.24) is 5.32 Å². The molecule has 2 nitrogen and oxygen atoms in total. The maximum absolute atomic E-state index is 5.48. The average molecular weight is 219 g/mol. The highest BCUT2D eigenvalue weighted by molar-refractivity contribution is 5.30. The van der Waals surface area contributed by atoms with Gasteiger partial charge in [0, 0.05) is 12.1 Å². The third-order valence-electron chi connectivity index (χ3n) is 2.54. The Labute approximate surface area is 98.3 Å². The van der Waals surface area contributed by atoms with Crippen molar-refractivity contribution in [2.75, 3.05) is 6.61 Å². The van der Waals surface area contributed by atoms with E-state index in [-0.39, 0.29) is 0 Å². The fraction of sp³-hybridized carbons (Fsp3) is 0.429. The van der Waals surface area contributed by atoms with Crippen LogP contribution in [0.5, 0.6) is 5.75 Å². The Bertz CT molecular complexity index is 335. The molecule has 2 unspecified atom stereocenters. The summed E-state index contributed by atoms with van der Waals surface area (Å²) in [5.41, 5.74) is 1.24. The van der Waals surface area contributed by atoms with Crippen LogP contribution in [0, 0.1) is 0 Å². The van der Waals surface area contributed by atoms with Crippen molar-refractivity contribution < 1.29 is 4.74 Å². The summed E-state index contributed by atoms with van der Waals surface area (Å²) in [7, 11) is 0. The van der Waals surface area contributed by atoms with Crippen LogP contribution >= 0.6 is 0 Å². The van der Waals surface area contributed by atoms with Crippen LogP contribution in [0.3, 0.4) is 0 Å². The number of hydrogen-bond donors (Lipinski definition) is 1. The van der Waals surface area contributed by atoms with Crippen LogP contribution in [-0.2, 0) is 0 Å². The SMILES string of the molecule is C=CC(C)NC(C)c1cccc(OCC)c1. The zero-order valence-electron chi connectivity index (χ0n) is 10.4. The first kappa shape index (κ1) is 12.8. The van der Waals surface area contributed by atoms with Gasteiger partial charge in [0.05, 0.1) is 6.61 Å². The summed E-state index contributed by atoms with van der Waals surface area (Å²) in [5.74, 6) is 0.930. The molecule has 0 amide bonds. The summed E-state index contributed by atoms with van der Waals surface area (Å²) < 4.78 is 5.48. The van der Waals surface area contributed by atoms with Crippen molar-refractivity contribution in [3.8, 4) is 5.75 Å². The molecule has 1 aromatic carbocycles. The van der Waals surface area contributed by atoms with Gasteiger partial charge in [0.15, 0.2) is 0 Å². The molecule has 0 saturated heterocycles. The van der Waals surface area contributed by atoms with Gasteiger partial charge in [-0.3, -0.25) is 0 Å². The number of benzene rings is 1. The monoisotopic (exact) mass is 219 g/mol. The van der Waals surface area contributed by atoms with E-state index in [4.69, 9.17) is 4.74 Å². The molecule has 0 aromatic heterocycles. The Balaban J connectivity index is 2.70. The minimum atomic E-state index is 0.299. The lowest BCUT2D eigenvalue weighted by molar-refractivity contribution is 0.339. The second-order valence-corrected chi connectivity index (χ2v) is 3.92. The molecule has 0 spiro atoms. The molecule has 1 aromatic rings. The van der Waals surface area contributed by atoms with E-state index in [9.17, 15) is 0 Å². The molecule has 2 atom stereocenters. The maximum atomic E-state index is 5.48. The van der Waals surface area contributed by atoms with Crippen molar-refractivity contribution in [2.45, 2.75) is 32.9 Å². The second kappa shape index (κ2) is 6.33. The number of hydrogen-bond acceptors (Lipinski definition) is 2. The van der Waals surface area contributed by atoms with Crippen LogP contribution in [0.2, 0.25) is 0 Å². The van der Waals surface area contributed by atoms with E-state index in [2.05, 4.69) is 37.9 Å². The van der Waals surface area contributed by atoms with E-state index in [1.807, 2.05) is 25.1 Å². The molecule has 0 heterocycles. The second-order valence-electron chi connectivity index (χ2n) is 3.92. The zero-order valence-corrected chi connectivity index (χ0v) is 10.4.